The van der Waals surface area contributed by atoms with Crippen LogP contribution in [0.4, 0.5) is 5.13 Å². The first-order valence-electron chi connectivity index (χ1n) is 7.19. The molecule has 2 rings (SSSR count). The molecule has 1 N–H and O–H groups in total. The number of thioether (sulfide) groups is 1. The Morgan fingerprint density at radius 1 is 1.42 bits per heavy atom. The van der Waals surface area contributed by atoms with Gasteiger partial charge in [-0.2, -0.15) is 11.8 Å². The summed E-state index contributed by atoms with van der Waals surface area (Å²) >= 11 is 3.93. The van der Waals surface area contributed by atoms with E-state index in [-0.39, 0.29) is 0 Å². The lowest BCUT2D eigenvalue weighted by Gasteiger charge is -2.34. The maximum atomic E-state index is 4.63. The summed E-state index contributed by atoms with van der Waals surface area (Å²) in [6.07, 6.45) is 3.22. The summed E-state index contributed by atoms with van der Waals surface area (Å²) in [5.41, 5.74) is 0. The van der Waals surface area contributed by atoms with Crippen LogP contribution in [-0.4, -0.2) is 35.1 Å². The van der Waals surface area contributed by atoms with Crippen molar-refractivity contribution in [3.05, 3.63) is 11.1 Å². The van der Waals surface area contributed by atoms with E-state index in [0.29, 0.717) is 16.5 Å². The number of rotatable bonds is 5. The van der Waals surface area contributed by atoms with Crippen molar-refractivity contribution >= 4 is 28.2 Å². The van der Waals surface area contributed by atoms with Gasteiger partial charge in [-0.1, -0.05) is 20.8 Å². The first-order chi connectivity index (χ1) is 9.10. The van der Waals surface area contributed by atoms with E-state index >= 15 is 0 Å². The lowest BCUT2D eigenvalue weighted by Crippen LogP contribution is -2.40. The van der Waals surface area contributed by atoms with E-state index in [4.69, 9.17) is 0 Å². The van der Waals surface area contributed by atoms with E-state index in [1.807, 2.05) is 17.5 Å². The SMILES string of the molecule is CCCNC(C)c1cnc(N2CC(C)SC(C)C2)s1. The van der Waals surface area contributed by atoms with Crippen molar-refractivity contribution < 1.29 is 0 Å². The van der Waals surface area contributed by atoms with Crippen LogP contribution in [0.15, 0.2) is 6.20 Å². The highest BCUT2D eigenvalue weighted by molar-refractivity contribution is 8.00. The third kappa shape index (κ3) is 4.10. The third-order valence-corrected chi connectivity index (χ3v) is 5.80. The van der Waals surface area contributed by atoms with E-state index < -0.39 is 0 Å². The quantitative estimate of drug-likeness (QED) is 0.900. The van der Waals surface area contributed by atoms with Crippen LogP contribution in [0.5, 0.6) is 0 Å². The molecule has 0 radical (unpaired) electrons. The molecule has 1 aromatic heterocycles. The number of nitrogens with zero attached hydrogens (tertiary/aromatic N) is 2. The minimum atomic E-state index is 0.417. The lowest BCUT2D eigenvalue weighted by atomic mass is 10.3. The molecule has 1 saturated heterocycles. The van der Waals surface area contributed by atoms with Crippen LogP contribution in [0.2, 0.25) is 0 Å². The molecule has 2 heterocycles. The van der Waals surface area contributed by atoms with Crippen molar-refractivity contribution in [1.82, 2.24) is 10.3 Å². The molecule has 1 aliphatic rings. The summed E-state index contributed by atoms with van der Waals surface area (Å²) in [5.74, 6) is 0. The number of nitrogens with one attached hydrogen (secondary N) is 1. The van der Waals surface area contributed by atoms with Gasteiger partial charge in [0.05, 0.1) is 0 Å². The summed E-state index contributed by atoms with van der Waals surface area (Å²) in [6, 6.07) is 0.417. The number of hydrogen-bond acceptors (Lipinski definition) is 5. The molecule has 1 aliphatic heterocycles. The Kier molecular flexibility index (Phi) is 5.54. The van der Waals surface area contributed by atoms with Gasteiger partial charge in [0.25, 0.3) is 0 Å². The Morgan fingerprint density at radius 3 is 2.74 bits per heavy atom. The molecule has 0 bridgehead atoms. The van der Waals surface area contributed by atoms with Crippen LogP contribution >= 0.6 is 23.1 Å². The van der Waals surface area contributed by atoms with Crippen LogP contribution in [0, 0.1) is 0 Å². The predicted octanol–water partition coefficient (Wildman–Crippen LogP) is 3.53. The zero-order chi connectivity index (χ0) is 13.8. The van der Waals surface area contributed by atoms with Gasteiger partial charge in [0.15, 0.2) is 5.13 Å². The monoisotopic (exact) mass is 299 g/mol. The summed E-state index contributed by atoms with van der Waals surface area (Å²) in [6.45, 7) is 12.4. The molecule has 1 fully saturated rings. The fraction of sp³-hybridized carbons (Fsp3) is 0.786. The minimum absolute atomic E-state index is 0.417. The van der Waals surface area contributed by atoms with Gasteiger partial charge in [-0.3, -0.25) is 0 Å². The lowest BCUT2D eigenvalue weighted by molar-refractivity contribution is 0.577. The van der Waals surface area contributed by atoms with Crippen LogP contribution in [0.3, 0.4) is 0 Å². The second kappa shape index (κ2) is 6.95. The highest BCUT2D eigenvalue weighted by atomic mass is 32.2. The van der Waals surface area contributed by atoms with Gasteiger partial charge in [0, 0.05) is 40.7 Å². The molecular formula is C14H25N3S2. The van der Waals surface area contributed by atoms with E-state index in [1.165, 1.54) is 16.4 Å². The Labute approximate surface area is 125 Å². The molecule has 0 aliphatic carbocycles. The molecule has 3 nitrogen and oxygen atoms in total. The average Bonchev–Trinajstić information content (AvgIpc) is 2.84. The van der Waals surface area contributed by atoms with Crippen molar-refractivity contribution in [3.8, 4) is 0 Å². The molecule has 0 amide bonds. The molecule has 1 aromatic rings. The van der Waals surface area contributed by atoms with Crippen LogP contribution < -0.4 is 10.2 Å². The molecular weight excluding hydrogens is 274 g/mol. The van der Waals surface area contributed by atoms with Gasteiger partial charge in [-0.25, -0.2) is 4.98 Å². The molecule has 108 valence electrons. The second-order valence-electron chi connectivity index (χ2n) is 5.38. The summed E-state index contributed by atoms with van der Waals surface area (Å²) in [7, 11) is 0. The molecule has 5 heteroatoms. The zero-order valence-corrected chi connectivity index (χ0v) is 14.0. The third-order valence-electron chi connectivity index (χ3n) is 3.33. The van der Waals surface area contributed by atoms with Gasteiger partial charge >= 0.3 is 0 Å². The number of hydrogen-bond donors (Lipinski definition) is 1. The molecule has 0 saturated carbocycles. The average molecular weight is 300 g/mol. The van der Waals surface area contributed by atoms with Gasteiger partial charge < -0.3 is 10.2 Å². The maximum Gasteiger partial charge on any atom is 0.185 e. The van der Waals surface area contributed by atoms with Gasteiger partial charge in [-0.15, -0.1) is 11.3 Å². The van der Waals surface area contributed by atoms with Crippen molar-refractivity contribution in [1.29, 1.82) is 0 Å². The summed E-state index contributed by atoms with van der Waals surface area (Å²) in [4.78, 5) is 8.43. The molecule has 0 spiro atoms. The first kappa shape index (κ1) is 15.1. The molecule has 3 atom stereocenters. The normalized spacial score (nSPS) is 25.6. The van der Waals surface area contributed by atoms with E-state index in [0.717, 1.165) is 19.6 Å². The highest BCUT2D eigenvalue weighted by Crippen LogP contribution is 2.32. The topological polar surface area (TPSA) is 28.2 Å². The van der Waals surface area contributed by atoms with Gasteiger partial charge in [0.1, 0.15) is 0 Å². The highest BCUT2D eigenvalue weighted by Gasteiger charge is 2.24. The number of aromatic nitrogens is 1. The largest absolute Gasteiger partial charge is 0.346 e. The first-order valence-corrected chi connectivity index (χ1v) is 8.95. The minimum Gasteiger partial charge on any atom is -0.346 e. The Balaban J connectivity index is 1.99. The van der Waals surface area contributed by atoms with Gasteiger partial charge in [-0.05, 0) is 19.9 Å². The van der Waals surface area contributed by atoms with Crippen molar-refractivity contribution in [3.63, 3.8) is 0 Å². The standard InChI is InChI=1S/C14H25N3S2/c1-5-6-15-12(4)13-7-16-14(19-13)17-8-10(2)18-11(3)9-17/h7,10-12,15H,5-6,8-9H2,1-4H3. The summed E-state index contributed by atoms with van der Waals surface area (Å²) in [5, 5.41) is 6.13. The fourth-order valence-electron chi connectivity index (χ4n) is 2.42. The number of thiazole rings is 1. The van der Waals surface area contributed by atoms with Crippen molar-refractivity contribution in [2.45, 2.75) is 50.7 Å². The van der Waals surface area contributed by atoms with Crippen molar-refractivity contribution in [2.75, 3.05) is 24.5 Å². The fourth-order valence-corrected chi connectivity index (χ4v) is 4.70. The van der Waals surface area contributed by atoms with E-state index in [1.54, 1.807) is 0 Å². The Hall–Kier alpha value is -0.260. The van der Waals surface area contributed by atoms with Crippen LogP contribution in [0.1, 0.15) is 45.0 Å². The van der Waals surface area contributed by atoms with Crippen LogP contribution in [0.25, 0.3) is 0 Å². The smallest absolute Gasteiger partial charge is 0.185 e. The van der Waals surface area contributed by atoms with Gasteiger partial charge in [0.2, 0.25) is 0 Å². The maximum absolute atomic E-state index is 4.63. The second-order valence-corrected chi connectivity index (χ2v) is 8.31. The Bertz CT molecular complexity index is 384. The van der Waals surface area contributed by atoms with E-state index in [9.17, 15) is 0 Å². The Morgan fingerprint density at radius 2 is 2.11 bits per heavy atom. The summed E-state index contributed by atoms with van der Waals surface area (Å²) < 4.78 is 0. The molecule has 3 unspecified atom stereocenters. The van der Waals surface area contributed by atoms with E-state index in [2.05, 4.69) is 54.7 Å². The number of anilines is 1. The van der Waals surface area contributed by atoms with Crippen LogP contribution in [-0.2, 0) is 0 Å². The predicted molar refractivity (Wildman–Crippen MR) is 87.6 cm³/mol. The van der Waals surface area contributed by atoms with Crippen molar-refractivity contribution in [2.24, 2.45) is 0 Å². The zero-order valence-electron chi connectivity index (χ0n) is 12.3. The molecule has 19 heavy (non-hydrogen) atoms. The molecule has 0 aromatic carbocycles.